The zero-order valence-electron chi connectivity index (χ0n) is 15.2. The van der Waals surface area contributed by atoms with Crippen molar-refractivity contribution in [1.29, 1.82) is 0 Å². The maximum Gasteiger partial charge on any atom is 0.229 e. The van der Waals surface area contributed by atoms with E-state index in [1.54, 1.807) is 0 Å². The zero-order valence-corrected chi connectivity index (χ0v) is 18.3. The van der Waals surface area contributed by atoms with E-state index >= 15 is 0 Å². The number of rotatable bonds is 7. The Balaban J connectivity index is 2.01. The third-order valence-electron chi connectivity index (χ3n) is 4.12. The molecule has 2 aromatic carbocycles. The van der Waals surface area contributed by atoms with Crippen molar-refractivity contribution in [1.82, 2.24) is 14.9 Å². The van der Waals surface area contributed by atoms with Gasteiger partial charge in [0.15, 0.2) is 11.3 Å². The molecule has 3 aromatic rings. The number of hydrogen-bond donors (Lipinski definition) is 1. The predicted octanol–water partition coefficient (Wildman–Crippen LogP) is 6.11. The van der Waals surface area contributed by atoms with E-state index < -0.39 is 9.96 Å². The summed E-state index contributed by atoms with van der Waals surface area (Å²) in [5.41, 5.74) is 2.74. The fourth-order valence-electron chi connectivity index (χ4n) is 2.84. The van der Waals surface area contributed by atoms with Gasteiger partial charge < -0.3 is 5.32 Å². The summed E-state index contributed by atoms with van der Waals surface area (Å²) in [6.07, 6.45) is 0.192. The first-order valence-corrected chi connectivity index (χ1v) is 11.0. The van der Waals surface area contributed by atoms with E-state index in [4.69, 9.17) is 39.8 Å². The van der Waals surface area contributed by atoms with Crippen LogP contribution in [0.25, 0.3) is 11.0 Å². The first kappa shape index (κ1) is 21.3. The Kier molecular flexibility index (Phi) is 7.15. The van der Waals surface area contributed by atoms with Gasteiger partial charge in [0.1, 0.15) is 0 Å². The zero-order chi connectivity index (χ0) is 20.1. The number of para-hydroxylation sites is 2. The number of thioether (sulfide) groups is 1. The Labute approximate surface area is 183 Å². The predicted molar refractivity (Wildman–Crippen MR) is 118 cm³/mol. The number of aromatic nitrogens is 2. The van der Waals surface area contributed by atoms with Crippen LogP contribution in [-0.2, 0) is 10.5 Å². The number of amides is 1. The summed E-state index contributed by atoms with van der Waals surface area (Å²) in [6.45, 7) is 1.93. The summed E-state index contributed by atoms with van der Waals surface area (Å²) < 4.78 is 0.0679. The lowest BCUT2D eigenvalue weighted by Crippen LogP contribution is -2.40. The highest BCUT2D eigenvalue weighted by atomic mass is 35.6. The number of alkyl halides is 3. The second-order valence-corrected chi connectivity index (χ2v) is 9.60. The largest absolute Gasteiger partial charge is 0.332 e. The maximum atomic E-state index is 12.3. The lowest BCUT2D eigenvalue weighted by atomic mass is 10.2. The molecule has 1 N–H and O–H groups in total. The molecule has 0 radical (unpaired) electrons. The first-order valence-electron chi connectivity index (χ1n) is 8.90. The van der Waals surface area contributed by atoms with Gasteiger partial charge in [-0.05, 0) is 24.1 Å². The highest BCUT2D eigenvalue weighted by Gasteiger charge is 2.37. The molecule has 148 valence electrons. The smallest absolute Gasteiger partial charge is 0.229 e. The molecule has 8 heteroatoms. The van der Waals surface area contributed by atoms with E-state index in [2.05, 4.69) is 17.4 Å². The van der Waals surface area contributed by atoms with Crippen LogP contribution in [0.2, 0.25) is 0 Å². The number of hydrogen-bond acceptors (Lipinski definition) is 3. The van der Waals surface area contributed by atoms with E-state index in [0.717, 1.165) is 16.6 Å². The number of carbonyl (C=O) groups is 1. The van der Waals surface area contributed by atoms with Crippen LogP contribution in [0.15, 0.2) is 59.8 Å². The molecule has 0 bridgehead atoms. The van der Waals surface area contributed by atoms with Crippen LogP contribution in [0.3, 0.4) is 0 Å². The monoisotopic (exact) mass is 455 g/mol. The fourth-order valence-corrected chi connectivity index (χ4v) is 4.29. The quantitative estimate of drug-likeness (QED) is 0.344. The topological polar surface area (TPSA) is 46.9 Å². The van der Waals surface area contributed by atoms with Gasteiger partial charge in [0.05, 0.1) is 11.0 Å². The summed E-state index contributed by atoms with van der Waals surface area (Å²) >= 11 is 20.4. The molecule has 0 saturated carbocycles. The molecule has 0 spiro atoms. The van der Waals surface area contributed by atoms with Crippen LogP contribution in [0.5, 0.6) is 0 Å². The van der Waals surface area contributed by atoms with Crippen LogP contribution < -0.4 is 5.32 Å². The number of fused-ring (bicyclic) bond motifs is 1. The Morgan fingerprint density at radius 1 is 1.14 bits per heavy atom. The Morgan fingerprint density at radius 2 is 1.82 bits per heavy atom. The third-order valence-corrected chi connectivity index (χ3v) is 5.76. The molecule has 3 rings (SSSR count). The molecule has 1 amide bonds. The van der Waals surface area contributed by atoms with Gasteiger partial charge in [-0.15, -0.1) is 0 Å². The fraction of sp³-hybridized carbons (Fsp3) is 0.300. The number of benzene rings is 2. The van der Waals surface area contributed by atoms with Gasteiger partial charge >= 0.3 is 0 Å². The van der Waals surface area contributed by atoms with Crippen LogP contribution in [-0.4, -0.2) is 19.3 Å². The van der Waals surface area contributed by atoms with Crippen molar-refractivity contribution in [2.45, 2.75) is 40.6 Å². The highest BCUT2D eigenvalue weighted by Crippen LogP contribution is 2.41. The number of halogens is 3. The molecule has 1 heterocycles. The van der Waals surface area contributed by atoms with Crippen molar-refractivity contribution in [2.24, 2.45) is 0 Å². The normalized spacial score (nSPS) is 12.9. The Hall–Kier alpha value is -1.40. The average Bonchev–Trinajstić information content (AvgIpc) is 3.02. The minimum absolute atomic E-state index is 0.171. The summed E-state index contributed by atoms with van der Waals surface area (Å²) in [7, 11) is 0. The van der Waals surface area contributed by atoms with E-state index in [-0.39, 0.29) is 5.91 Å². The second-order valence-electron chi connectivity index (χ2n) is 6.29. The van der Waals surface area contributed by atoms with Crippen molar-refractivity contribution >= 4 is 63.5 Å². The first-order chi connectivity index (χ1) is 13.4. The van der Waals surface area contributed by atoms with Gasteiger partial charge in [-0.2, -0.15) is 0 Å². The molecule has 0 unspecified atom stereocenters. The van der Waals surface area contributed by atoms with Crippen LogP contribution in [0, 0.1) is 0 Å². The molecule has 1 aromatic heterocycles. The molecule has 0 saturated heterocycles. The molecular formula is C20H20Cl3N3OS. The average molecular weight is 457 g/mol. The van der Waals surface area contributed by atoms with Gasteiger partial charge in [0, 0.05) is 12.2 Å². The van der Waals surface area contributed by atoms with Gasteiger partial charge in [0.2, 0.25) is 9.70 Å². The molecule has 28 heavy (non-hydrogen) atoms. The van der Waals surface area contributed by atoms with Crippen molar-refractivity contribution in [3.8, 4) is 0 Å². The Morgan fingerprint density at radius 3 is 2.50 bits per heavy atom. The maximum absolute atomic E-state index is 12.3. The number of imidazole rings is 1. The summed E-state index contributed by atoms with van der Waals surface area (Å²) in [5.74, 6) is 0.537. The molecule has 0 aliphatic carbocycles. The highest BCUT2D eigenvalue weighted by molar-refractivity contribution is 7.98. The molecule has 0 aliphatic rings. The number of carbonyl (C=O) groups excluding carboxylic acids is 1. The lowest BCUT2D eigenvalue weighted by molar-refractivity contribution is -0.122. The minimum Gasteiger partial charge on any atom is -0.332 e. The standard InChI is InChI=1S/C20H20Cl3N3OS/c1-2-8-17(27)25-18(20(21,22)23)26-16-12-7-6-11-15(16)24-19(26)28-13-14-9-4-3-5-10-14/h3-7,9-12,18H,2,8,13H2,1H3,(H,25,27)/t18-/m1/s1. The molecule has 0 fully saturated rings. The van der Waals surface area contributed by atoms with Crippen LogP contribution >= 0.6 is 46.6 Å². The van der Waals surface area contributed by atoms with Crippen LogP contribution in [0.4, 0.5) is 0 Å². The van der Waals surface area contributed by atoms with Crippen molar-refractivity contribution in [3.05, 3.63) is 60.2 Å². The van der Waals surface area contributed by atoms with E-state index in [1.807, 2.05) is 54.0 Å². The van der Waals surface area contributed by atoms with E-state index in [1.165, 1.54) is 11.8 Å². The number of nitrogens with zero attached hydrogens (tertiary/aromatic N) is 2. The Bertz CT molecular complexity index is 941. The summed E-state index contributed by atoms with van der Waals surface area (Å²) in [6, 6.07) is 17.7. The minimum atomic E-state index is -1.74. The van der Waals surface area contributed by atoms with Crippen LogP contribution in [0.1, 0.15) is 31.5 Å². The van der Waals surface area contributed by atoms with E-state index in [9.17, 15) is 4.79 Å². The molecule has 1 atom stereocenters. The van der Waals surface area contributed by atoms with Gasteiger partial charge in [-0.1, -0.05) is 96.0 Å². The molecule has 0 aliphatic heterocycles. The van der Waals surface area contributed by atoms with E-state index in [0.29, 0.717) is 23.8 Å². The third kappa shape index (κ3) is 5.15. The summed E-state index contributed by atoms with van der Waals surface area (Å²) in [5, 5.41) is 3.54. The van der Waals surface area contributed by atoms with Gasteiger partial charge in [-0.3, -0.25) is 9.36 Å². The molecular weight excluding hydrogens is 437 g/mol. The van der Waals surface area contributed by atoms with Crippen molar-refractivity contribution < 1.29 is 4.79 Å². The second kappa shape index (κ2) is 9.40. The number of nitrogens with one attached hydrogen (secondary N) is 1. The molecule has 4 nitrogen and oxygen atoms in total. The lowest BCUT2D eigenvalue weighted by Gasteiger charge is -2.28. The van der Waals surface area contributed by atoms with Crippen molar-refractivity contribution in [2.75, 3.05) is 0 Å². The SMILES string of the molecule is CCCC(=O)N[C@H](n1c(SCc2ccccc2)nc2ccccc21)C(Cl)(Cl)Cl. The van der Waals surface area contributed by atoms with Gasteiger partial charge in [0.25, 0.3) is 0 Å². The van der Waals surface area contributed by atoms with Gasteiger partial charge in [-0.25, -0.2) is 4.98 Å². The summed E-state index contributed by atoms with van der Waals surface area (Å²) in [4.78, 5) is 17.0. The van der Waals surface area contributed by atoms with Crippen molar-refractivity contribution in [3.63, 3.8) is 0 Å².